The number of carbonyl (C=O) groups is 4. The van der Waals surface area contributed by atoms with Crippen LogP contribution in [0, 0.1) is 56.7 Å². The Balaban J connectivity index is 1.15. The Bertz CT molecular complexity index is 1710. The average molecular weight is 713 g/mol. The van der Waals surface area contributed by atoms with Crippen molar-refractivity contribution < 1.29 is 29.4 Å². The van der Waals surface area contributed by atoms with Crippen molar-refractivity contribution in [1.82, 2.24) is 10.2 Å². The summed E-state index contributed by atoms with van der Waals surface area (Å²) in [5.74, 6) is 0.361. The first-order valence-corrected chi connectivity index (χ1v) is 19.9. The molecule has 0 aromatic heterocycles. The van der Waals surface area contributed by atoms with Gasteiger partial charge in [0.25, 0.3) is 0 Å². The number of allylic oxidation sites excluding steroid dienone is 3. The van der Waals surface area contributed by atoms with Crippen LogP contribution in [-0.2, 0) is 14.4 Å². The highest BCUT2D eigenvalue weighted by Gasteiger charge is 2.71. The second-order valence-corrected chi connectivity index (χ2v) is 19.1. The number of benzene rings is 1. The van der Waals surface area contributed by atoms with Crippen molar-refractivity contribution in [3.63, 3.8) is 0 Å². The predicted molar refractivity (Wildman–Crippen MR) is 201 cm³/mol. The summed E-state index contributed by atoms with van der Waals surface area (Å²) in [7, 11) is 0. The quantitative estimate of drug-likeness (QED) is 0.211. The summed E-state index contributed by atoms with van der Waals surface area (Å²) in [5.41, 5.74) is 3.82. The largest absolute Gasteiger partial charge is 0.480 e. The van der Waals surface area contributed by atoms with Crippen molar-refractivity contribution in [3.05, 3.63) is 53.6 Å². The lowest BCUT2D eigenvalue weighted by Gasteiger charge is -2.72. The van der Waals surface area contributed by atoms with Gasteiger partial charge in [-0.05, 0) is 139 Å². The first-order chi connectivity index (χ1) is 24.4. The van der Waals surface area contributed by atoms with E-state index >= 15 is 0 Å². The van der Waals surface area contributed by atoms with Crippen LogP contribution in [0.2, 0.25) is 0 Å². The summed E-state index contributed by atoms with van der Waals surface area (Å²) in [6.45, 7) is 19.7. The molecule has 1 amide bonds. The maximum absolute atomic E-state index is 14.5. The molecule has 0 spiro atoms. The maximum atomic E-state index is 14.5. The third-order valence-electron chi connectivity index (χ3n) is 16.6. The Morgan fingerprint density at radius 3 is 2.21 bits per heavy atom. The molecule has 1 aromatic carbocycles. The van der Waals surface area contributed by atoms with E-state index in [9.17, 15) is 29.4 Å². The predicted octanol–water partition coefficient (Wildman–Crippen LogP) is 7.88. The van der Waals surface area contributed by atoms with Gasteiger partial charge in [-0.1, -0.05) is 65.0 Å². The van der Waals surface area contributed by atoms with E-state index in [1.165, 1.54) is 17.6 Å². The second kappa shape index (κ2) is 12.7. The molecule has 5 fully saturated rings. The fraction of sp³-hybridized carbons (Fsp3) is 0.682. The molecular weight excluding hydrogens is 652 g/mol. The van der Waals surface area contributed by atoms with Gasteiger partial charge in [0.1, 0.15) is 0 Å². The minimum Gasteiger partial charge on any atom is -0.480 e. The highest BCUT2D eigenvalue weighted by Crippen LogP contribution is 2.77. The standard InChI is InChI=1S/C44H60N2O6/c1-26(2)29-14-19-44(39(52)45-22-23-46(25-36(48)49)32-24-33(32)47)21-20-42(6)31(37(29)44)12-13-35-41(5)17-15-30(27-8-10-28(11-9-27)38(50)51)40(3,4)34(41)16-18-43(35,42)7/h8-11,15,29,31-32,34-35,37H,1,12-14,16-25H2,2-7H3,(H,45,52)(H,48,49)(H,50,51). The summed E-state index contributed by atoms with van der Waals surface area (Å²) in [6.07, 6.45) is 12.2. The topological polar surface area (TPSA) is 124 Å². The monoisotopic (exact) mass is 712 g/mol. The molecule has 3 N–H and O–H groups in total. The van der Waals surface area contributed by atoms with Gasteiger partial charge >= 0.3 is 11.9 Å². The lowest BCUT2D eigenvalue weighted by molar-refractivity contribution is -0.225. The molecule has 8 nitrogen and oxygen atoms in total. The number of nitrogens with one attached hydrogen (secondary N) is 1. The maximum Gasteiger partial charge on any atom is 0.335 e. The number of carboxylic acids is 2. The molecule has 8 heteroatoms. The number of aliphatic carboxylic acids is 1. The van der Waals surface area contributed by atoms with E-state index in [4.69, 9.17) is 0 Å². The number of aromatic carboxylic acids is 1. The van der Waals surface area contributed by atoms with Gasteiger partial charge in [-0.3, -0.25) is 19.3 Å². The van der Waals surface area contributed by atoms with Gasteiger partial charge in [0.2, 0.25) is 5.91 Å². The molecule has 0 radical (unpaired) electrons. The fourth-order valence-electron chi connectivity index (χ4n) is 13.9. The van der Waals surface area contributed by atoms with Crippen molar-refractivity contribution in [3.8, 4) is 0 Å². The first kappa shape index (κ1) is 37.1. The molecule has 6 aliphatic rings. The average Bonchev–Trinajstić information content (AvgIpc) is 3.66. The molecule has 5 saturated carbocycles. The van der Waals surface area contributed by atoms with E-state index in [0.29, 0.717) is 48.7 Å². The summed E-state index contributed by atoms with van der Waals surface area (Å²) < 4.78 is 0. The highest BCUT2D eigenvalue weighted by atomic mass is 16.4. The van der Waals surface area contributed by atoms with Crippen LogP contribution in [0.15, 0.2) is 42.5 Å². The van der Waals surface area contributed by atoms with Crippen LogP contribution in [0.1, 0.15) is 122 Å². The number of nitrogens with zero attached hydrogens (tertiary/aromatic N) is 1. The van der Waals surface area contributed by atoms with Gasteiger partial charge in [-0.2, -0.15) is 0 Å². The summed E-state index contributed by atoms with van der Waals surface area (Å²) >= 11 is 0. The van der Waals surface area contributed by atoms with Gasteiger partial charge in [-0.25, -0.2) is 4.79 Å². The SMILES string of the molecule is C=C(C)C1CCC2(C(=O)NCCN(CC(=O)O)C3CC3=O)CCC3(C)C(CCC4C5(C)CC=C(c6ccc(C(=O)O)cc6)C(C)(C)C5CCC43C)C12. The van der Waals surface area contributed by atoms with E-state index in [2.05, 4.69) is 59.5 Å². The van der Waals surface area contributed by atoms with Crippen LogP contribution in [0.25, 0.3) is 5.57 Å². The molecule has 7 rings (SSSR count). The zero-order valence-corrected chi connectivity index (χ0v) is 32.2. The van der Waals surface area contributed by atoms with Gasteiger partial charge in [0, 0.05) is 19.5 Å². The zero-order chi connectivity index (χ0) is 37.6. The van der Waals surface area contributed by atoms with E-state index < -0.39 is 17.4 Å². The van der Waals surface area contributed by atoms with Crippen LogP contribution in [0.4, 0.5) is 0 Å². The third kappa shape index (κ3) is 5.47. The van der Waals surface area contributed by atoms with Crippen LogP contribution >= 0.6 is 0 Å². The third-order valence-corrected chi connectivity index (χ3v) is 16.6. The number of hydrogen-bond acceptors (Lipinski definition) is 5. The molecule has 10 unspecified atom stereocenters. The second-order valence-electron chi connectivity index (χ2n) is 19.1. The number of ketones is 1. The van der Waals surface area contributed by atoms with Crippen molar-refractivity contribution in [2.45, 2.75) is 112 Å². The summed E-state index contributed by atoms with van der Waals surface area (Å²) in [4.78, 5) is 51.1. The van der Waals surface area contributed by atoms with Gasteiger partial charge in [-0.15, -0.1) is 0 Å². The number of carbonyl (C=O) groups excluding carboxylic acids is 2. The molecule has 6 aliphatic carbocycles. The van der Waals surface area contributed by atoms with Crippen molar-refractivity contribution >= 4 is 29.2 Å². The fourth-order valence-corrected chi connectivity index (χ4v) is 13.9. The summed E-state index contributed by atoms with van der Waals surface area (Å²) in [6, 6.07) is 7.12. The van der Waals surface area contributed by atoms with E-state index in [1.54, 1.807) is 17.0 Å². The lowest BCUT2D eigenvalue weighted by Crippen LogP contribution is -2.66. The first-order valence-electron chi connectivity index (χ1n) is 19.9. The van der Waals surface area contributed by atoms with Crippen LogP contribution < -0.4 is 5.32 Å². The Kier molecular flexibility index (Phi) is 9.03. The molecule has 0 saturated heterocycles. The molecule has 0 aliphatic heterocycles. The Morgan fingerprint density at radius 2 is 1.60 bits per heavy atom. The molecule has 1 aromatic rings. The number of Topliss-reactive ketones (excluding diaryl/α,β-unsaturated/α-hetero) is 1. The smallest absolute Gasteiger partial charge is 0.335 e. The number of fused-ring (bicyclic) bond motifs is 7. The molecule has 10 atom stereocenters. The van der Waals surface area contributed by atoms with E-state index in [0.717, 1.165) is 56.9 Å². The normalized spacial score (nSPS) is 40.1. The Labute approximate surface area is 309 Å². The van der Waals surface area contributed by atoms with Gasteiger partial charge < -0.3 is 15.5 Å². The molecule has 282 valence electrons. The molecule has 0 heterocycles. The summed E-state index contributed by atoms with van der Waals surface area (Å²) in [5, 5.41) is 22.2. The van der Waals surface area contributed by atoms with E-state index in [-0.39, 0.29) is 51.9 Å². The Morgan fingerprint density at radius 1 is 0.904 bits per heavy atom. The molecular formula is C44H60N2O6. The van der Waals surface area contributed by atoms with Crippen LogP contribution in [0.5, 0.6) is 0 Å². The van der Waals surface area contributed by atoms with Gasteiger partial charge in [0.05, 0.1) is 23.6 Å². The molecule has 52 heavy (non-hydrogen) atoms. The number of amides is 1. The highest BCUT2D eigenvalue weighted by molar-refractivity contribution is 6.00. The lowest BCUT2D eigenvalue weighted by atomic mass is 9.32. The van der Waals surface area contributed by atoms with Crippen LogP contribution in [0.3, 0.4) is 0 Å². The minimum absolute atomic E-state index is 0.0556. The van der Waals surface area contributed by atoms with Crippen molar-refractivity contribution in [2.24, 2.45) is 56.7 Å². The van der Waals surface area contributed by atoms with Gasteiger partial charge in [0.15, 0.2) is 5.78 Å². The van der Waals surface area contributed by atoms with Crippen molar-refractivity contribution in [2.75, 3.05) is 19.6 Å². The van der Waals surface area contributed by atoms with Crippen molar-refractivity contribution in [1.29, 1.82) is 0 Å². The van der Waals surface area contributed by atoms with Crippen LogP contribution in [-0.4, -0.2) is 64.4 Å². The number of carboxylic acid groups (broad SMARTS) is 2. The van der Waals surface area contributed by atoms with E-state index in [1.807, 2.05) is 12.1 Å². The Hall–Kier alpha value is -3.26. The zero-order valence-electron chi connectivity index (χ0n) is 32.2. The minimum atomic E-state index is -0.955. The number of rotatable bonds is 10. The molecule has 0 bridgehead atoms. The number of hydrogen-bond donors (Lipinski definition) is 3.